The molecule has 0 radical (unpaired) electrons. The molecule has 2 N–H and O–H groups in total. The van der Waals surface area contributed by atoms with E-state index in [0.29, 0.717) is 28.5 Å². The molecule has 0 amide bonds. The number of aromatic nitrogens is 2. The molecule has 3 nitrogen and oxygen atoms in total. The van der Waals surface area contributed by atoms with Gasteiger partial charge in [-0.1, -0.05) is 32.9 Å². The van der Waals surface area contributed by atoms with Crippen LogP contribution in [0.2, 0.25) is 0 Å². The number of anilines is 1. The van der Waals surface area contributed by atoms with Crippen LogP contribution in [0.15, 0.2) is 24.3 Å². The molecule has 0 fully saturated rings. The van der Waals surface area contributed by atoms with E-state index in [1.165, 1.54) is 6.07 Å². The standard InChI is InChI=1S/C15H18FN3/c1-9-12(10-7-5-6-8-11(10)16)18-14(15(2,3)4)19-13(9)17/h5-8H,1-4H3,(H2,17,18,19). The predicted molar refractivity (Wildman–Crippen MR) is 75.3 cm³/mol. The summed E-state index contributed by atoms with van der Waals surface area (Å²) >= 11 is 0. The predicted octanol–water partition coefficient (Wildman–Crippen LogP) is 3.47. The highest BCUT2D eigenvalue weighted by Crippen LogP contribution is 2.29. The van der Waals surface area contributed by atoms with Crippen molar-refractivity contribution in [3.8, 4) is 11.3 Å². The monoisotopic (exact) mass is 259 g/mol. The maximum absolute atomic E-state index is 13.9. The van der Waals surface area contributed by atoms with Gasteiger partial charge in [0.05, 0.1) is 5.69 Å². The number of nitrogen functional groups attached to an aromatic ring is 1. The Morgan fingerprint density at radius 3 is 2.32 bits per heavy atom. The molecule has 2 rings (SSSR count). The summed E-state index contributed by atoms with van der Waals surface area (Å²) in [6.07, 6.45) is 0. The summed E-state index contributed by atoms with van der Waals surface area (Å²) in [6, 6.07) is 6.57. The first kappa shape index (κ1) is 13.5. The largest absolute Gasteiger partial charge is 0.383 e. The molecule has 0 saturated carbocycles. The minimum atomic E-state index is -0.302. The number of rotatable bonds is 1. The first-order valence-corrected chi connectivity index (χ1v) is 6.20. The van der Waals surface area contributed by atoms with E-state index in [-0.39, 0.29) is 11.2 Å². The summed E-state index contributed by atoms with van der Waals surface area (Å²) in [5.74, 6) is 0.718. The molecule has 1 aromatic carbocycles. The average molecular weight is 259 g/mol. The Bertz CT molecular complexity index is 615. The third-order valence-corrected chi connectivity index (χ3v) is 2.98. The van der Waals surface area contributed by atoms with Crippen LogP contribution in [0.1, 0.15) is 32.2 Å². The fourth-order valence-corrected chi connectivity index (χ4v) is 1.78. The molecule has 1 aromatic heterocycles. The molecule has 4 heteroatoms. The van der Waals surface area contributed by atoms with Gasteiger partial charge in [0.15, 0.2) is 0 Å². The third kappa shape index (κ3) is 2.57. The van der Waals surface area contributed by atoms with Crippen molar-refractivity contribution in [1.82, 2.24) is 9.97 Å². The van der Waals surface area contributed by atoms with Gasteiger partial charge in [0.25, 0.3) is 0 Å². The Hall–Kier alpha value is -1.97. The maximum atomic E-state index is 13.9. The van der Waals surface area contributed by atoms with Crippen LogP contribution in [0.4, 0.5) is 10.2 Å². The van der Waals surface area contributed by atoms with Gasteiger partial charge in [-0.2, -0.15) is 0 Å². The van der Waals surface area contributed by atoms with Crippen LogP contribution in [-0.2, 0) is 5.41 Å². The third-order valence-electron chi connectivity index (χ3n) is 2.98. The van der Waals surface area contributed by atoms with Gasteiger partial charge in [0, 0.05) is 16.5 Å². The molecular formula is C15H18FN3. The van der Waals surface area contributed by atoms with E-state index in [9.17, 15) is 4.39 Å². The van der Waals surface area contributed by atoms with Crippen molar-refractivity contribution in [1.29, 1.82) is 0 Å². The fraction of sp³-hybridized carbons (Fsp3) is 0.333. The average Bonchev–Trinajstić information content (AvgIpc) is 2.32. The number of benzene rings is 1. The number of halogens is 1. The van der Waals surface area contributed by atoms with Gasteiger partial charge in [0.1, 0.15) is 17.5 Å². The zero-order valence-corrected chi connectivity index (χ0v) is 11.7. The van der Waals surface area contributed by atoms with Crippen molar-refractivity contribution in [3.63, 3.8) is 0 Å². The van der Waals surface area contributed by atoms with Crippen molar-refractivity contribution < 1.29 is 4.39 Å². The van der Waals surface area contributed by atoms with Crippen molar-refractivity contribution in [2.24, 2.45) is 0 Å². The van der Waals surface area contributed by atoms with Gasteiger partial charge in [-0.3, -0.25) is 0 Å². The van der Waals surface area contributed by atoms with E-state index < -0.39 is 0 Å². The molecule has 0 bridgehead atoms. The van der Waals surface area contributed by atoms with Crippen molar-refractivity contribution in [2.75, 3.05) is 5.73 Å². The normalized spacial score (nSPS) is 11.6. The molecular weight excluding hydrogens is 241 g/mol. The Morgan fingerprint density at radius 2 is 1.74 bits per heavy atom. The second-order valence-corrected chi connectivity index (χ2v) is 5.64. The molecule has 0 aliphatic carbocycles. The van der Waals surface area contributed by atoms with Gasteiger partial charge in [-0.25, -0.2) is 14.4 Å². The van der Waals surface area contributed by atoms with E-state index in [1.54, 1.807) is 18.2 Å². The molecule has 1 heterocycles. The summed E-state index contributed by atoms with van der Waals surface area (Å²) in [5.41, 5.74) is 7.43. The Kier molecular flexibility index (Phi) is 3.27. The van der Waals surface area contributed by atoms with Gasteiger partial charge in [-0.15, -0.1) is 0 Å². The van der Waals surface area contributed by atoms with Gasteiger partial charge in [0.2, 0.25) is 0 Å². The van der Waals surface area contributed by atoms with Gasteiger partial charge < -0.3 is 5.73 Å². The van der Waals surface area contributed by atoms with E-state index in [4.69, 9.17) is 5.73 Å². The van der Waals surface area contributed by atoms with Crippen LogP contribution in [0.3, 0.4) is 0 Å². The summed E-state index contributed by atoms with van der Waals surface area (Å²) in [5, 5.41) is 0. The summed E-state index contributed by atoms with van der Waals surface area (Å²) in [7, 11) is 0. The van der Waals surface area contributed by atoms with Crippen LogP contribution < -0.4 is 5.73 Å². The SMILES string of the molecule is Cc1c(N)nc(C(C)(C)C)nc1-c1ccccc1F. The molecule has 100 valence electrons. The number of nitrogens with two attached hydrogens (primary N) is 1. The molecule has 0 unspecified atom stereocenters. The number of hydrogen-bond donors (Lipinski definition) is 1. The zero-order valence-electron chi connectivity index (χ0n) is 11.7. The molecule has 0 aliphatic heterocycles. The minimum absolute atomic E-state index is 0.234. The molecule has 0 spiro atoms. The van der Waals surface area contributed by atoms with E-state index in [2.05, 4.69) is 9.97 Å². The first-order chi connectivity index (χ1) is 8.80. The first-order valence-electron chi connectivity index (χ1n) is 6.20. The Labute approximate surface area is 112 Å². The van der Waals surface area contributed by atoms with Crippen LogP contribution in [0.5, 0.6) is 0 Å². The number of hydrogen-bond acceptors (Lipinski definition) is 3. The molecule has 0 saturated heterocycles. The summed E-state index contributed by atoms with van der Waals surface area (Å²) in [4.78, 5) is 8.81. The highest BCUT2D eigenvalue weighted by atomic mass is 19.1. The lowest BCUT2D eigenvalue weighted by Crippen LogP contribution is -2.18. The summed E-state index contributed by atoms with van der Waals surface area (Å²) < 4.78 is 13.9. The zero-order chi connectivity index (χ0) is 14.2. The summed E-state index contributed by atoms with van der Waals surface area (Å²) in [6.45, 7) is 7.82. The van der Waals surface area contributed by atoms with Gasteiger partial charge >= 0.3 is 0 Å². The molecule has 0 atom stereocenters. The lowest BCUT2D eigenvalue weighted by molar-refractivity contribution is 0.546. The van der Waals surface area contributed by atoms with Crippen LogP contribution in [0.25, 0.3) is 11.3 Å². The molecule has 19 heavy (non-hydrogen) atoms. The van der Waals surface area contributed by atoms with Gasteiger partial charge in [-0.05, 0) is 19.1 Å². The van der Waals surface area contributed by atoms with Crippen LogP contribution >= 0.6 is 0 Å². The van der Waals surface area contributed by atoms with Crippen LogP contribution in [-0.4, -0.2) is 9.97 Å². The van der Waals surface area contributed by atoms with E-state index in [1.807, 2.05) is 27.7 Å². The highest BCUT2D eigenvalue weighted by Gasteiger charge is 2.21. The Balaban J connectivity index is 2.70. The molecule has 0 aliphatic rings. The molecule has 2 aromatic rings. The van der Waals surface area contributed by atoms with Crippen LogP contribution in [0, 0.1) is 12.7 Å². The second kappa shape index (κ2) is 4.61. The smallest absolute Gasteiger partial charge is 0.136 e. The van der Waals surface area contributed by atoms with E-state index in [0.717, 1.165) is 0 Å². The Morgan fingerprint density at radius 1 is 1.11 bits per heavy atom. The lowest BCUT2D eigenvalue weighted by Gasteiger charge is -2.19. The van der Waals surface area contributed by atoms with Crippen molar-refractivity contribution >= 4 is 5.82 Å². The lowest BCUT2D eigenvalue weighted by atomic mass is 9.95. The number of nitrogens with zero attached hydrogens (tertiary/aromatic N) is 2. The van der Waals surface area contributed by atoms with Crippen molar-refractivity contribution in [2.45, 2.75) is 33.1 Å². The second-order valence-electron chi connectivity index (χ2n) is 5.64. The highest BCUT2D eigenvalue weighted by molar-refractivity contribution is 5.67. The fourth-order valence-electron chi connectivity index (χ4n) is 1.78. The minimum Gasteiger partial charge on any atom is -0.383 e. The quantitative estimate of drug-likeness (QED) is 0.853. The maximum Gasteiger partial charge on any atom is 0.136 e. The topological polar surface area (TPSA) is 51.8 Å². The van der Waals surface area contributed by atoms with Crippen molar-refractivity contribution in [3.05, 3.63) is 41.5 Å². The van der Waals surface area contributed by atoms with E-state index >= 15 is 0 Å².